The normalized spacial score (nSPS) is 20.1. The second-order valence-electron chi connectivity index (χ2n) is 4.55. The Labute approximate surface area is 93.6 Å². The molecule has 0 aliphatic heterocycles. The van der Waals surface area contributed by atoms with Gasteiger partial charge in [-0.3, -0.25) is 0 Å². The van der Waals surface area contributed by atoms with Crippen LogP contribution in [0, 0.1) is 5.92 Å². The van der Waals surface area contributed by atoms with Crippen LogP contribution in [0.15, 0.2) is 0 Å². The van der Waals surface area contributed by atoms with Crippen molar-refractivity contribution in [3.05, 3.63) is 0 Å². The average Bonchev–Trinajstić information content (AvgIpc) is 2.46. The molecular formula is C11H19F4N. The molecule has 5 heteroatoms. The highest BCUT2D eigenvalue weighted by Crippen LogP contribution is 2.24. The van der Waals surface area contributed by atoms with Crippen molar-refractivity contribution in [3.8, 4) is 0 Å². The highest BCUT2D eigenvalue weighted by Gasteiger charge is 2.40. The maximum absolute atomic E-state index is 12.6. The van der Waals surface area contributed by atoms with Crippen molar-refractivity contribution in [1.82, 2.24) is 5.32 Å². The zero-order chi connectivity index (χ0) is 12.0. The van der Waals surface area contributed by atoms with Crippen molar-refractivity contribution in [3.63, 3.8) is 0 Å². The fourth-order valence-electron chi connectivity index (χ4n) is 2.09. The Morgan fingerprint density at radius 1 is 1.06 bits per heavy atom. The summed E-state index contributed by atoms with van der Waals surface area (Å²) >= 11 is 0. The largest absolute Gasteiger partial charge is 0.319 e. The first-order valence-electron chi connectivity index (χ1n) is 5.89. The van der Waals surface area contributed by atoms with Crippen LogP contribution < -0.4 is 5.32 Å². The summed E-state index contributed by atoms with van der Waals surface area (Å²) in [5.74, 6) is -3.53. The van der Waals surface area contributed by atoms with Gasteiger partial charge in [0.05, 0.1) is 6.54 Å². The molecule has 0 unspecified atom stereocenters. The monoisotopic (exact) mass is 241 g/mol. The molecule has 1 saturated carbocycles. The Morgan fingerprint density at radius 3 is 2.12 bits per heavy atom. The van der Waals surface area contributed by atoms with Gasteiger partial charge in [-0.25, -0.2) is 8.78 Å². The Morgan fingerprint density at radius 2 is 1.62 bits per heavy atom. The standard InChI is InChI=1S/C11H19F4N/c12-10(13)11(14,15)8-16-7-9-5-3-1-2-4-6-9/h9-10,16H,1-8H2. The van der Waals surface area contributed by atoms with E-state index in [-0.39, 0.29) is 0 Å². The van der Waals surface area contributed by atoms with E-state index in [2.05, 4.69) is 5.32 Å². The Bertz CT molecular complexity index is 188. The lowest BCUT2D eigenvalue weighted by Crippen LogP contribution is -2.40. The van der Waals surface area contributed by atoms with Crippen LogP contribution in [0.4, 0.5) is 17.6 Å². The summed E-state index contributed by atoms with van der Waals surface area (Å²) in [5.41, 5.74) is 0. The van der Waals surface area contributed by atoms with E-state index in [1.165, 1.54) is 12.8 Å². The topological polar surface area (TPSA) is 12.0 Å². The molecule has 1 N–H and O–H groups in total. The van der Waals surface area contributed by atoms with Gasteiger partial charge in [-0.15, -0.1) is 0 Å². The summed E-state index contributed by atoms with van der Waals surface area (Å²) in [6.07, 6.45) is 3.11. The predicted molar refractivity (Wildman–Crippen MR) is 55.0 cm³/mol. The maximum Gasteiger partial charge on any atom is 0.319 e. The number of hydrogen-bond donors (Lipinski definition) is 1. The van der Waals surface area contributed by atoms with Crippen LogP contribution in [0.5, 0.6) is 0 Å². The zero-order valence-corrected chi connectivity index (χ0v) is 9.32. The van der Waals surface area contributed by atoms with E-state index >= 15 is 0 Å². The molecule has 0 aromatic heterocycles. The third-order valence-corrected chi connectivity index (χ3v) is 3.09. The van der Waals surface area contributed by atoms with E-state index in [1.54, 1.807) is 0 Å². The van der Waals surface area contributed by atoms with E-state index in [0.717, 1.165) is 25.7 Å². The van der Waals surface area contributed by atoms with E-state index in [9.17, 15) is 17.6 Å². The van der Waals surface area contributed by atoms with Gasteiger partial charge in [0.1, 0.15) is 0 Å². The summed E-state index contributed by atoms with van der Waals surface area (Å²) < 4.78 is 48.8. The first-order valence-corrected chi connectivity index (χ1v) is 5.89. The number of rotatable bonds is 5. The van der Waals surface area contributed by atoms with Crippen LogP contribution in [0.3, 0.4) is 0 Å². The highest BCUT2D eigenvalue weighted by molar-refractivity contribution is 4.74. The van der Waals surface area contributed by atoms with Crippen LogP contribution in [0.2, 0.25) is 0 Å². The Balaban J connectivity index is 2.18. The van der Waals surface area contributed by atoms with Crippen LogP contribution in [0.25, 0.3) is 0 Å². The number of alkyl halides is 4. The third-order valence-electron chi connectivity index (χ3n) is 3.09. The molecule has 0 radical (unpaired) electrons. The Hall–Kier alpha value is -0.320. The van der Waals surface area contributed by atoms with Gasteiger partial charge in [0.15, 0.2) is 0 Å². The lowest BCUT2D eigenvalue weighted by molar-refractivity contribution is -0.125. The predicted octanol–water partition coefficient (Wildman–Crippen LogP) is 3.45. The molecule has 1 rings (SSSR count). The van der Waals surface area contributed by atoms with Crippen molar-refractivity contribution in [1.29, 1.82) is 0 Å². The smallest absolute Gasteiger partial charge is 0.311 e. The lowest BCUT2D eigenvalue weighted by atomic mass is 10.0. The molecule has 0 aromatic rings. The molecule has 0 spiro atoms. The molecular weight excluding hydrogens is 222 g/mol. The summed E-state index contributed by atoms with van der Waals surface area (Å²) in [6.45, 7) is -0.483. The first-order chi connectivity index (χ1) is 7.52. The maximum atomic E-state index is 12.6. The third kappa shape index (κ3) is 4.68. The molecule has 0 atom stereocenters. The van der Waals surface area contributed by atoms with E-state index in [1.807, 2.05) is 0 Å². The van der Waals surface area contributed by atoms with Gasteiger partial charge in [-0.2, -0.15) is 8.78 Å². The van der Waals surface area contributed by atoms with Crippen LogP contribution >= 0.6 is 0 Å². The van der Waals surface area contributed by atoms with Crippen LogP contribution in [-0.4, -0.2) is 25.4 Å². The molecule has 0 amide bonds. The molecule has 16 heavy (non-hydrogen) atoms. The molecule has 0 aromatic carbocycles. The Kier molecular flexibility index (Phi) is 5.52. The fraction of sp³-hybridized carbons (Fsp3) is 1.00. The molecule has 0 heterocycles. The number of hydrogen-bond acceptors (Lipinski definition) is 1. The summed E-state index contributed by atoms with van der Waals surface area (Å²) in [4.78, 5) is 0. The van der Waals surface area contributed by atoms with E-state index in [4.69, 9.17) is 0 Å². The molecule has 1 nitrogen and oxygen atoms in total. The average molecular weight is 241 g/mol. The van der Waals surface area contributed by atoms with Crippen molar-refractivity contribution in [2.45, 2.75) is 50.9 Å². The molecule has 1 aliphatic carbocycles. The van der Waals surface area contributed by atoms with Gasteiger partial charge >= 0.3 is 12.3 Å². The summed E-state index contributed by atoms with van der Waals surface area (Å²) in [7, 11) is 0. The minimum atomic E-state index is -3.90. The van der Waals surface area contributed by atoms with Gasteiger partial charge in [0.2, 0.25) is 0 Å². The molecule has 96 valence electrons. The van der Waals surface area contributed by atoms with Gasteiger partial charge in [-0.05, 0) is 25.3 Å². The quantitative estimate of drug-likeness (QED) is 0.574. The first kappa shape index (κ1) is 13.7. The van der Waals surface area contributed by atoms with Crippen LogP contribution in [-0.2, 0) is 0 Å². The second-order valence-corrected chi connectivity index (χ2v) is 4.55. The SMILES string of the molecule is FC(F)C(F)(F)CNCC1CCCCCC1. The molecule has 0 saturated heterocycles. The van der Waals surface area contributed by atoms with E-state index < -0.39 is 18.9 Å². The minimum Gasteiger partial charge on any atom is -0.311 e. The van der Waals surface area contributed by atoms with E-state index in [0.29, 0.717) is 12.5 Å². The summed E-state index contributed by atoms with van der Waals surface area (Å²) in [5, 5.41) is 2.47. The van der Waals surface area contributed by atoms with Crippen molar-refractivity contribution in [2.24, 2.45) is 5.92 Å². The number of halogens is 4. The van der Waals surface area contributed by atoms with Gasteiger partial charge in [0.25, 0.3) is 0 Å². The van der Waals surface area contributed by atoms with Crippen molar-refractivity contribution < 1.29 is 17.6 Å². The molecule has 1 fully saturated rings. The molecule has 1 aliphatic rings. The molecule has 0 bridgehead atoms. The number of nitrogens with one attached hydrogen (secondary N) is 1. The highest BCUT2D eigenvalue weighted by atomic mass is 19.3. The van der Waals surface area contributed by atoms with Crippen LogP contribution in [0.1, 0.15) is 38.5 Å². The van der Waals surface area contributed by atoms with Gasteiger partial charge in [0, 0.05) is 0 Å². The van der Waals surface area contributed by atoms with Gasteiger partial charge in [-0.1, -0.05) is 25.7 Å². The van der Waals surface area contributed by atoms with Crippen molar-refractivity contribution >= 4 is 0 Å². The van der Waals surface area contributed by atoms with Crippen molar-refractivity contribution in [2.75, 3.05) is 13.1 Å². The fourth-order valence-corrected chi connectivity index (χ4v) is 2.09. The zero-order valence-electron chi connectivity index (χ0n) is 9.32. The minimum absolute atomic E-state index is 0.371. The second kappa shape index (κ2) is 6.42. The summed E-state index contributed by atoms with van der Waals surface area (Å²) in [6, 6.07) is 0. The lowest BCUT2D eigenvalue weighted by Gasteiger charge is -2.19. The van der Waals surface area contributed by atoms with Gasteiger partial charge < -0.3 is 5.32 Å².